The molecule has 1 saturated heterocycles. The highest BCUT2D eigenvalue weighted by molar-refractivity contribution is 6.42. The molecule has 0 unspecified atom stereocenters. The molecule has 4 nitrogen and oxygen atoms in total. The van der Waals surface area contributed by atoms with Gasteiger partial charge in [-0.2, -0.15) is 13.2 Å². The lowest BCUT2D eigenvalue weighted by molar-refractivity contribution is -0.148. The molecule has 2 aromatic rings. The predicted molar refractivity (Wildman–Crippen MR) is 98.6 cm³/mol. The molecule has 0 spiro atoms. The van der Waals surface area contributed by atoms with E-state index in [9.17, 15) is 18.0 Å². The van der Waals surface area contributed by atoms with Gasteiger partial charge in [0.2, 0.25) is 0 Å². The minimum atomic E-state index is -4.55. The molecular weight excluding hydrogens is 418 g/mol. The highest BCUT2D eigenvalue weighted by Gasteiger charge is 2.37. The third kappa shape index (κ3) is 4.90. The largest absolute Gasteiger partial charge is 0.489 e. The van der Waals surface area contributed by atoms with Crippen molar-refractivity contribution in [3.8, 4) is 5.75 Å². The molecule has 0 radical (unpaired) electrons. The van der Waals surface area contributed by atoms with Gasteiger partial charge < -0.3 is 9.84 Å². The average molecular weight is 434 g/mol. The van der Waals surface area contributed by atoms with E-state index in [4.69, 9.17) is 33.0 Å². The van der Waals surface area contributed by atoms with Gasteiger partial charge in [-0.1, -0.05) is 35.3 Å². The van der Waals surface area contributed by atoms with Crippen molar-refractivity contribution in [3.05, 3.63) is 63.1 Å². The molecule has 0 saturated carbocycles. The number of carbonyl (C=O) groups is 1. The number of carboxylic acid groups (broad SMARTS) is 1. The van der Waals surface area contributed by atoms with Crippen LogP contribution in [0.5, 0.6) is 5.75 Å². The molecule has 0 aliphatic carbocycles. The van der Waals surface area contributed by atoms with Crippen molar-refractivity contribution in [1.29, 1.82) is 0 Å². The fourth-order valence-electron chi connectivity index (χ4n) is 2.94. The quantitative estimate of drug-likeness (QED) is 0.687. The van der Waals surface area contributed by atoms with E-state index in [0.717, 1.165) is 6.07 Å². The van der Waals surface area contributed by atoms with Crippen molar-refractivity contribution in [2.24, 2.45) is 5.92 Å². The van der Waals surface area contributed by atoms with Crippen LogP contribution in [0, 0.1) is 5.92 Å². The Morgan fingerprint density at radius 3 is 2.46 bits per heavy atom. The first-order valence-electron chi connectivity index (χ1n) is 8.35. The summed E-state index contributed by atoms with van der Waals surface area (Å²) in [6.07, 6.45) is -4.55. The smallest absolute Gasteiger partial charge is 0.416 e. The molecule has 1 fully saturated rings. The number of halogens is 5. The van der Waals surface area contributed by atoms with Crippen LogP contribution in [-0.2, 0) is 24.1 Å². The number of alkyl halides is 3. The van der Waals surface area contributed by atoms with Gasteiger partial charge >= 0.3 is 12.1 Å². The van der Waals surface area contributed by atoms with E-state index >= 15 is 0 Å². The summed E-state index contributed by atoms with van der Waals surface area (Å²) in [5.41, 5.74) is -0.0385. The van der Waals surface area contributed by atoms with Crippen LogP contribution in [0.25, 0.3) is 0 Å². The van der Waals surface area contributed by atoms with Crippen molar-refractivity contribution < 1.29 is 27.8 Å². The van der Waals surface area contributed by atoms with Crippen molar-refractivity contribution in [2.45, 2.75) is 19.3 Å². The SMILES string of the molecule is O=C(O)C1CN(Cc2ccc(OCc3ccc(Cl)c(Cl)c3)cc2C(F)(F)F)C1. The molecule has 28 heavy (non-hydrogen) atoms. The summed E-state index contributed by atoms with van der Waals surface area (Å²) in [6.45, 7) is 0.552. The van der Waals surface area contributed by atoms with Crippen LogP contribution in [-0.4, -0.2) is 29.1 Å². The topological polar surface area (TPSA) is 49.8 Å². The van der Waals surface area contributed by atoms with Gasteiger partial charge in [-0.05, 0) is 35.4 Å². The van der Waals surface area contributed by atoms with Gasteiger partial charge in [-0.25, -0.2) is 0 Å². The summed E-state index contributed by atoms with van der Waals surface area (Å²) in [4.78, 5) is 12.5. The van der Waals surface area contributed by atoms with Crippen molar-refractivity contribution in [1.82, 2.24) is 4.90 Å². The fraction of sp³-hybridized carbons (Fsp3) is 0.316. The van der Waals surface area contributed by atoms with E-state index in [1.807, 2.05) is 0 Å². The molecule has 2 aromatic carbocycles. The molecule has 0 atom stereocenters. The molecule has 1 aliphatic heterocycles. The molecule has 9 heteroatoms. The number of ether oxygens (including phenoxy) is 1. The summed E-state index contributed by atoms with van der Waals surface area (Å²) in [5.74, 6) is -1.38. The molecule has 1 heterocycles. The van der Waals surface area contributed by atoms with Crippen LogP contribution in [0.3, 0.4) is 0 Å². The number of carboxylic acids is 1. The van der Waals surface area contributed by atoms with Crippen LogP contribution >= 0.6 is 23.2 Å². The number of rotatable bonds is 6. The first-order chi connectivity index (χ1) is 13.1. The predicted octanol–water partition coefficient (Wildman–Crippen LogP) is 5.11. The number of hydrogen-bond donors (Lipinski definition) is 1. The van der Waals surface area contributed by atoms with E-state index in [1.165, 1.54) is 12.1 Å². The van der Waals surface area contributed by atoms with Gasteiger partial charge in [0, 0.05) is 19.6 Å². The van der Waals surface area contributed by atoms with Gasteiger partial charge in [-0.15, -0.1) is 0 Å². The second-order valence-corrected chi connectivity index (χ2v) is 7.40. The van der Waals surface area contributed by atoms with Gasteiger partial charge in [0.15, 0.2) is 0 Å². The Balaban J connectivity index is 1.71. The van der Waals surface area contributed by atoms with E-state index in [0.29, 0.717) is 15.6 Å². The Kier molecular flexibility index (Phi) is 6.07. The van der Waals surface area contributed by atoms with E-state index < -0.39 is 23.6 Å². The van der Waals surface area contributed by atoms with Gasteiger partial charge in [0.1, 0.15) is 12.4 Å². The van der Waals surface area contributed by atoms with Crippen LogP contribution < -0.4 is 4.74 Å². The Morgan fingerprint density at radius 2 is 1.86 bits per heavy atom. The number of nitrogens with zero attached hydrogens (tertiary/aromatic N) is 1. The maximum Gasteiger partial charge on any atom is 0.416 e. The maximum atomic E-state index is 13.5. The Bertz CT molecular complexity index is 883. The van der Waals surface area contributed by atoms with Gasteiger partial charge in [0.25, 0.3) is 0 Å². The zero-order valence-electron chi connectivity index (χ0n) is 14.5. The lowest BCUT2D eigenvalue weighted by atomic mass is 9.98. The Hall–Kier alpha value is -1.96. The highest BCUT2D eigenvalue weighted by Crippen LogP contribution is 2.36. The molecule has 1 N–H and O–H groups in total. The minimum Gasteiger partial charge on any atom is -0.489 e. The molecule has 150 valence electrons. The second kappa shape index (κ2) is 8.19. The van der Waals surface area contributed by atoms with Crippen LogP contribution in [0.2, 0.25) is 10.0 Å². The number of benzene rings is 2. The highest BCUT2D eigenvalue weighted by atomic mass is 35.5. The summed E-state index contributed by atoms with van der Waals surface area (Å²) in [6, 6.07) is 8.64. The van der Waals surface area contributed by atoms with Crippen LogP contribution in [0.1, 0.15) is 16.7 Å². The molecule has 0 amide bonds. The summed E-state index contributed by atoms with van der Waals surface area (Å²) < 4.78 is 45.9. The molecule has 0 aromatic heterocycles. The summed E-state index contributed by atoms with van der Waals surface area (Å²) in [5, 5.41) is 9.60. The Morgan fingerprint density at radius 1 is 1.14 bits per heavy atom. The van der Waals surface area contributed by atoms with E-state index in [1.54, 1.807) is 23.1 Å². The maximum absolute atomic E-state index is 13.5. The lowest BCUT2D eigenvalue weighted by Gasteiger charge is -2.37. The fourth-order valence-corrected chi connectivity index (χ4v) is 3.26. The molecule has 1 aliphatic rings. The zero-order valence-corrected chi connectivity index (χ0v) is 16.0. The van der Waals surface area contributed by atoms with Crippen LogP contribution in [0.4, 0.5) is 13.2 Å². The average Bonchev–Trinajstić information content (AvgIpc) is 2.58. The molecular formula is C19H16Cl2F3NO3. The third-order valence-electron chi connectivity index (χ3n) is 4.48. The lowest BCUT2D eigenvalue weighted by Crippen LogP contribution is -2.49. The van der Waals surface area contributed by atoms with Crippen LogP contribution in [0.15, 0.2) is 36.4 Å². The van der Waals surface area contributed by atoms with Gasteiger partial charge in [-0.3, -0.25) is 9.69 Å². The minimum absolute atomic E-state index is 0.0334. The van der Waals surface area contributed by atoms with Crippen molar-refractivity contribution >= 4 is 29.2 Å². The Labute approximate surface area is 169 Å². The van der Waals surface area contributed by atoms with Gasteiger partial charge in [0.05, 0.1) is 21.5 Å². The number of hydrogen-bond acceptors (Lipinski definition) is 3. The summed E-state index contributed by atoms with van der Waals surface area (Å²) >= 11 is 11.8. The standard InChI is InChI=1S/C19H16Cl2F3NO3/c20-16-4-1-11(5-17(16)21)10-28-14-3-2-12(15(6-14)19(22,23)24)7-25-8-13(9-25)18(26)27/h1-6,13H,7-10H2,(H,26,27). The van der Waals surface area contributed by atoms with Crippen molar-refractivity contribution in [2.75, 3.05) is 13.1 Å². The zero-order chi connectivity index (χ0) is 20.5. The normalized spacial score (nSPS) is 15.3. The number of aliphatic carboxylic acids is 1. The van der Waals surface area contributed by atoms with Crippen molar-refractivity contribution in [3.63, 3.8) is 0 Å². The first-order valence-corrected chi connectivity index (χ1v) is 9.11. The number of likely N-dealkylation sites (tertiary alicyclic amines) is 1. The third-order valence-corrected chi connectivity index (χ3v) is 5.22. The first kappa shape index (κ1) is 20.8. The summed E-state index contributed by atoms with van der Waals surface area (Å²) in [7, 11) is 0. The van der Waals surface area contributed by atoms with E-state index in [-0.39, 0.29) is 37.6 Å². The molecule has 0 bridgehead atoms. The second-order valence-electron chi connectivity index (χ2n) is 6.58. The molecule has 3 rings (SSSR count). The monoisotopic (exact) mass is 433 g/mol. The van der Waals surface area contributed by atoms with E-state index in [2.05, 4.69) is 0 Å².